The molecule has 1 aliphatic rings. The minimum Gasteiger partial charge on any atom is -0.472 e. The molecule has 0 aliphatic heterocycles. The molecule has 3 nitrogen and oxygen atoms in total. The van der Waals surface area contributed by atoms with Gasteiger partial charge in [-0.1, -0.05) is 19.8 Å². The highest BCUT2D eigenvalue weighted by atomic mass is 16.5. The lowest BCUT2D eigenvalue weighted by molar-refractivity contribution is -0.0925. The Bertz CT molecular complexity index is 345. The van der Waals surface area contributed by atoms with E-state index in [2.05, 4.69) is 13.8 Å². The smallest absolute Gasteiger partial charge is 0.0935 e. The maximum absolute atomic E-state index is 6.46. The van der Waals surface area contributed by atoms with Crippen molar-refractivity contribution in [2.75, 3.05) is 6.61 Å². The van der Waals surface area contributed by atoms with E-state index >= 15 is 0 Å². The molecule has 0 saturated heterocycles. The molecule has 0 bridgehead atoms. The minimum atomic E-state index is -0.135. The van der Waals surface area contributed by atoms with Gasteiger partial charge in [0.25, 0.3) is 0 Å². The fraction of sp³-hybridized carbons (Fsp3) is 0.733. The van der Waals surface area contributed by atoms with Crippen molar-refractivity contribution in [3.8, 4) is 0 Å². The molecular formula is C15H25NO2. The molecule has 0 amide bonds. The number of nitrogens with two attached hydrogens (primary N) is 1. The summed E-state index contributed by atoms with van der Waals surface area (Å²) in [5.41, 5.74) is 7.49. The van der Waals surface area contributed by atoms with Crippen LogP contribution in [0.1, 0.15) is 45.1 Å². The van der Waals surface area contributed by atoms with Crippen molar-refractivity contribution in [1.82, 2.24) is 0 Å². The molecular weight excluding hydrogens is 226 g/mol. The average molecular weight is 251 g/mol. The molecule has 3 unspecified atom stereocenters. The third-order valence-corrected chi connectivity index (χ3v) is 4.13. The van der Waals surface area contributed by atoms with Crippen molar-refractivity contribution in [1.29, 1.82) is 0 Å². The first-order chi connectivity index (χ1) is 8.66. The van der Waals surface area contributed by atoms with E-state index in [-0.39, 0.29) is 11.6 Å². The van der Waals surface area contributed by atoms with E-state index in [1.54, 1.807) is 12.5 Å². The number of furan rings is 1. The maximum Gasteiger partial charge on any atom is 0.0935 e. The maximum atomic E-state index is 6.46. The molecule has 0 radical (unpaired) electrons. The Balaban J connectivity index is 2.08. The number of rotatable bonds is 5. The highest BCUT2D eigenvalue weighted by Crippen LogP contribution is 2.38. The van der Waals surface area contributed by atoms with Crippen LogP contribution in [0.5, 0.6) is 0 Å². The zero-order chi connectivity index (χ0) is 13.0. The van der Waals surface area contributed by atoms with Crippen LogP contribution in [-0.4, -0.2) is 18.2 Å². The highest BCUT2D eigenvalue weighted by Gasteiger charge is 2.40. The van der Waals surface area contributed by atoms with Crippen LogP contribution in [0.25, 0.3) is 0 Å². The first-order valence-corrected chi connectivity index (χ1v) is 7.07. The van der Waals surface area contributed by atoms with Crippen LogP contribution >= 0.6 is 0 Å². The second kappa shape index (κ2) is 5.89. The number of hydrogen-bond donors (Lipinski definition) is 1. The minimum absolute atomic E-state index is 0.0535. The normalized spacial score (nSPS) is 30.3. The Morgan fingerprint density at radius 1 is 1.61 bits per heavy atom. The first kappa shape index (κ1) is 13.6. The van der Waals surface area contributed by atoms with Crippen LogP contribution in [0.15, 0.2) is 23.0 Å². The molecule has 1 saturated carbocycles. The van der Waals surface area contributed by atoms with E-state index in [9.17, 15) is 0 Å². The van der Waals surface area contributed by atoms with E-state index in [1.807, 2.05) is 6.07 Å². The molecule has 102 valence electrons. The zero-order valence-corrected chi connectivity index (χ0v) is 11.5. The van der Waals surface area contributed by atoms with Crippen LogP contribution < -0.4 is 5.73 Å². The van der Waals surface area contributed by atoms with Crippen LogP contribution in [0.3, 0.4) is 0 Å². The molecule has 1 fully saturated rings. The van der Waals surface area contributed by atoms with Crippen molar-refractivity contribution in [3.63, 3.8) is 0 Å². The predicted molar refractivity (Wildman–Crippen MR) is 72.4 cm³/mol. The van der Waals surface area contributed by atoms with Crippen molar-refractivity contribution in [2.45, 2.75) is 57.6 Å². The van der Waals surface area contributed by atoms with Crippen molar-refractivity contribution < 1.29 is 9.15 Å². The van der Waals surface area contributed by atoms with Crippen molar-refractivity contribution >= 4 is 0 Å². The summed E-state index contributed by atoms with van der Waals surface area (Å²) in [7, 11) is 0. The van der Waals surface area contributed by atoms with Crippen LogP contribution in [0.4, 0.5) is 0 Å². The summed E-state index contributed by atoms with van der Waals surface area (Å²) >= 11 is 0. The topological polar surface area (TPSA) is 48.4 Å². The lowest BCUT2D eigenvalue weighted by atomic mass is 9.73. The molecule has 0 spiro atoms. The third kappa shape index (κ3) is 2.96. The van der Waals surface area contributed by atoms with E-state index in [1.165, 1.54) is 18.4 Å². The molecule has 1 aromatic heterocycles. The molecule has 1 heterocycles. The van der Waals surface area contributed by atoms with Gasteiger partial charge < -0.3 is 14.9 Å². The summed E-state index contributed by atoms with van der Waals surface area (Å²) in [6, 6.07) is 2.05. The zero-order valence-electron chi connectivity index (χ0n) is 11.5. The Kier molecular flexibility index (Phi) is 4.46. The molecule has 3 atom stereocenters. The summed E-state index contributed by atoms with van der Waals surface area (Å²) < 4.78 is 11.2. The van der Waals surface area contributed by atoms with Crippen LogP contribution in [0, 0.1) is 5.92 Å². The predicted octanol–water partition coefficient (Wildman–Crippen LogP) is 3.13. The molecule has 3 heteroatoms. The van der Waals surface area contributed by atoms with E-state index < -0.39 is 0 Å². The number of hydrogen-bond acceptors (Lipinski definition) is 3. The van der Waals surface area contributed by atoms with Crippen molar-refractivity contribution in [2.24, 2.45) is 11.7 Å². The fourth-order valence-electron chi connectivity index (χ4n) is 3.25. The fourth-order valence-corrected chi connectivity index (χ4v) is 3.25. The van der Waals surface area contributed by atoms with Gasteiger partial charge in [0.1, 0.15) is 0 Å². The second-order valence-electron chi connectivity index (χ2n) is 5.64. The highest BCUT2D eigenvalue weighted by molar-refractivity contribution is 5.10. The van der Waals surface area contributed by atoms with Gasteiger partial charge in [0.2, 0.25) is 0 Å². The lowest BCUT2D eigenvalue weighted by Crippen LogP contribution is -2.53. The second-order valence-corrected chi connectivity index (χ2v) is 5.64. The van der Waals surface area contributed by atoms with Gasteiger partial charge in [-0.05, 0) is 43.7 Å². The molecule has 2 rings (SSSR count). The van der Waals surface area contributed by atoms with Gasteiger partial charge in [0.15, 0.2) is 0 Å². The quantitative estimate of drug-likeness (QED) is 0.874. The van der Waals surface area contributed by atoms with Gasteiger partial charge in [-0.25, -0.2) is 0 Å². The third-order valence-electron chi connectivity index (χ3n) is 4.13. The van der Waals surface area contributed by atoms with E-state index in [0.717, 1.165) is 25.9 Å². The SMILES string of the molecule is CCOC1(C(N)Cc2ccoc2)CCCC(C)C1. The average Bonchev–Trinajstić information content (AvgIpc) is 2.82. The molecule has 18 heavy (non-hydrogen) atoms. The summed E-state index contributed by atoms with van der Waals surface area (Å²) in [5, 5.41) is 0. The largest absolute Gasteiger partial charge is 0.472 e. The van der Waals surface area contributed by atoms with Crippen LogP contribution in [0.2, 0.25) is 0 Å². The van der Waals surface area contributed by atoms with Gasteiger partial charge in [-0.2, -0.15) is 0 Å². The number of ether oxygens (including phenoxy) is 1. The monoisotopic (exact) mass is 251 g/mol. The standard InChI is InChI=1S/C15H25NO2/c1-3-18-15(7-4-5-12(2)10-15)14(16)9-13-6-8-17-11-13/h6,8,11-12,14H,3-5,7,9-10,16H2,1-2H3. The first-order valence-electron chi connectivity index (χ1n) is 7.07. The van der Waals surface area contributed by atoms with Gasteiger partial charge in [-0.3, -0.25) is 0 Å². The summed E-state index contributed by atoms with van der Waals surface area (Å²) in [6.07, 6.45) is 9.02. The molecule has 2 N–H and O–H groups in total. The van der Waals surface area contributed by atoms with Gasteiger partial charge in [0, 0.05) is 12.6 Å². The molecule has 0 aromatic carbocycles. The summed E-state index contributed by atoms with van der Waals surface area (Å²) in [6.45, 7) is 5.11. The van der Waals surface area contributed by atoms with Crippen LogP contribution in [-0.2, 0) is 11.2 Å². The van der Waals surface area contributed by atoms with Gasteiger partial charge in [0.05, 0.1) is 18.1 Å². The Morgan fingerprint density at radius 2 is 2.44 bits per heavy atom. The molecule has 1 aromatic rings. The van der Waals surface area contributed by atoms with Gasteiger partial charge >= 0.3 is 0 Å². The Hall–Kier alpha value is -0.800. The summed E-state index contributed by atoms with van der Waals surface area (Å²) in [5.74, 6) is 0.709. The Labute approximate surface area is 110 Å². The summed E-state index contributed by atoms with van der Waals surface area (Å²) in [4.78, 5) is 0. The lowest BCUT2D eigenvalue weighted by Gasteiger charge is -2.44. The van der Waals surface area contributed by atoms with E-state index in [0.29, 0.717) is 5.92 Å². The van der Waals surface area contributed by atoms with E-state index in [4.69, 9.17) is 14.9 Å². The Morgan fingerprint density at radius 3 is 3.06 bits per heavy atom. The van der Waals surface area contributed by atoms with Gasteiger partial charge in [-0.15, -0.1) is 0 Å². The van der Waals surface area contributed by atoms with Crippen molar-refractivity contribution in [3.05, 3.63) is 24.2 Å². The molecule has 1 aliphatic carbocycles.